The molecule has 0 spiro atoms. The summed E-state index contributed by atoms with van der Waals surface area (Å²) in [6.45, 7) is 0.940. The van der Waals surface area contributed by atoms with E-state index < -0.39 is 0 Å². The number of hydrogen-bond acceptors (Lipinski definition) is 4. The van der Waals surface area contributed by atoms with Crippen molar-refractivity contribution in [1.82, 2.24) is 4.98 Å². The van der Waals surface area contributed by atoms with E-state index in [0.717, 1.165) is 10.9 Å². The van der Waals surface area contributed by atoms with Crippen LogP contribution in [-0.4, -0.2) is 31.2 Å². The summed E-state index contributed by atoms with van der Waals surface area (Å²) in [6.07, 6.45) is 1.65. The summed E-state index contributed by atoms with van der Waals surface area (Å²) in [6, 6.07) is 16.7. The van der Waals surface area contributed by atoms with E-state index in [1.54, 1.807) is 31.5 Å². The van der Waals surface area contributed by atoms with Gasteiger partial charge in [-0.2, -0.15) is 0 Å². The van der Waals surface area contributed by atoms with Gasteiger partial charge in [0.2, 0.25) is 0 Å². The van der Waals surface area contributed by atoms with E-state index in [-0.39, 0.29) is 5.91 Å². The number of rotatable bonds is 6. The van der Waals surface area contributed by atoms with Gasteiger partial charge in [-0.05, 0) is 30.3 Å². The Kier molecular flexibility index (Phi) is 5.03. The van der Waals surface area contributed by atoms with Crippen molar-refractivity contribution in [2.45, 2.75) is 0 Å². The lowest BCUT2D eigenvalue weighted by molar-refractivity contribution is 0.102. The van der Waals surface area contributed by atoms with Crippen LogP contribution in [0.4, 0.5) is 5.69 Å². The molecule has 0 radical (unpaired) electrons. The highest BCUT2D eigenvalue weighted by atomic mass is 16.5. The number of anilines is 1. The number of benzene rings is 2. The van der Waals surface area contributed by atoms with E-state index in [0.29, 0.717) is 30.2 Å². The number of para-hydroxylation sites is 1. The fourth-order valence-electron chi connectivity index (χ4n) is 2.31. The molecular weight excluding hydrogens is 304 g/mol. The van der Waals surface area contributed by atoms with Crippen LogP contribution in [0.25, 0.3) is 10.9 Å². The number of fused-ring (bicyclic) bond motifs is 1. The van der Waals surface area contributed by atoms with Crippen molar-refractivity contribution >= 4 is 22.5 Å². The predicted octanol–water partition coefficient (Wildman–Crippen LogP) is 3.51. The van der Waals surface area contributed by atoms with Crippen LogP contribution >= 0.6 is 0 Å². The molecule has 3 rings (SSSR count). The van der Waals surface area contributed by atoms with Crippen molar-refractivity contribution in [3.8, 4) is 5.75 Å². The average molecular weight is 322 g/mol. The molecule has 0 atom stereocenters. The van der Waals surface area contributed by atoms with Crippen LogP contribution < -0.4 is 10.1 Å². The van der Waals surface area contributed by atoms with Crippen molar-refractivity contribution in [3.05, 3.63) is 66.4 Å². The molecule has 2 aromatic carbocycles. The van der Waals surface area contributed by atoms with E-state index in [1.807, 2.05) is 36.4 Å². The summed E-state index contributed by atoms with van der Waals surface area (Å²) >= 11 is 0. The summed E-state index contributed by atoms with van der Waals surface area (Å²) in [5.41, 5.74) is 2.08. The fraction of sp³-hybridized carbons (Fsp3) is 0.158. The maximum Gasteiger partial charge on any atom is 0.255 e. The number of pyridine rings is 1. The Bertz CT molecular complexity index is 849. The van der Waals surface area contributed by atoms with Gasteiger partial charge < -0.3 is 14.8 Å². The number of carbonyl (C=O) groups is 1. The molecule has 24 heavy (non-hydrogen) atoms. The van der Waals surface area contributed by atoms with Crippen molar-refractivity contribution in [2.75, 3.05) is 25.6 Å². The molecule has 1 heterocycles. The zero-order valence-electron chi connectivity index (χ0n) is 13.4. The van der Waals surface area contributed by atoms with Crippen LogP contribution in [0.5, 0.6) is 5.75 Å². The highest BCUT2D eigenvalue weighted by Crippen LogP contribution is 2.18. The van der Waals surface area contributed by atoms with Gasteiger partial charge in [0, 0.05) is 18.1 Å². The highest BCUT2D eigenvalue weighted by Gasteiger charge is 2.08. The molecule has 0 aliphatic carbocycles. The Morgan fingerprint density at radius 2 is 1.96 bits per heavy atom. The van der Waals surface area contributed by atoms with Gasteiger partial charge in [-0.3, -0.25) is 9.78 Å². The van der Waals surface area contributed by atoms with Crippen LogP contribution in [0.15, 0.2) is 60.8 Å². The Hall–Kier alpha value is -2.92. The van der Waals surface area contributed by atoms with Gasteiger partial charge in [0.15, 0.2) is 0 Å². The molecular formula is C19H18N2O3. The summed E-state index contributed by atoms with van der Waals surface area (Å²) in [4.78, 5) is 16.8. The van der Waals surface area contributed by atoms with Gasteiger partial charge in [0.25, 0.3) is 5.91 Å². The number of aromatic nitrogens is 1. The van der Waals surface area contributed by atoms with Crippen molar-refractivity contribution in [3.63, 3.8) is 0 Å². The molecule has 5 heteroatoms. The molecule has 1 amide bonds. The van der Waals surface area contributed by atoms with Crippen molar-refractivity contribution in [2.24, 2.45) is 0 Å². The van der Waals surface area contributed by atoms with Crippen LogP contribution in [0, 0.1) is 0 Å². The number of hydrogen-bond donors (Lipinski definition) is 1. The standard InChI is InChI=1S/C19H18N2O3/c1-23-9-10-24-17-7-4-6-15(12-17)19(22)21-16-11-14-5-2-3-8-18(14)20-13-16/h2-8,11-13H,9-10H2,1H3,(H,21,22). The topological polar surface area (TPSA) is 60.5 Å². The molecule has 0 saturated carbocycles. The Morgan fingerprint density at radius 3 is 2.83 bits per heavy atom. The molecule has 5 nitrogen and oxygen atoms in total. The number of methoxy groups -OCH3 is 1. The van der Waals surface area contributed by atoms with E-state index in [2.05, 4.69) is 10.3 Å². The van der Waals surface area contributed by atoms with E-state index >= 15 is 0 Å². The Labute approximate surface area is 140 Å². The minimum atomic E-state index is -0.204. The van der Waals surface area contributed by atoms with Gasteiger partial charge in [-0.15, -0.1) is 0 Å². The maximum atomic E-state index is 12.4. The zero-order valence-corrected chi connectivity index (χ0v) is 13.4. The Balaban J connectivity index is 1.72. The van der Waals surface area contributed by atoms with Gasteiger partial charge in [0.1, 0.15) is 12.4 Å². The van der Waals surface area contributed by atoms with E-state index in [4.69, 9.17) is 9.47 Å². The zero-order chi connectivity index (χ0) is 16.8. The number of amides is 1. The normalized spacial score (nSPS) is 10.5. The molecule has 3 aromatic rings. The van der Waals surface area contributed by atoms with Crippen LogP contribution in [0.3, 0.4) is 0 Å². The summed E-state index contributed by atoms with van der Waals surface area (Å²) in [7, 11) is 1.62. The smallest absolute Gasteiger partial charge is 0.255 e. The third kappa shape index (κ3) is 3.88. The number of nitrogens with zero attached hydrogens (tertiary/aromatic N) is 1. The first-order valence-corrected chi connectivity index (χ1v) is 7.64. The van der Waals surface area contributed by atoms with Crippen molar-refractivity contribution < 1.29 is 14.3 Å². The lowest BCUT2D eigenvalue weighted by Gasteiger charge is -2.09. The molecule has 0 aliphatic heterocycles. The molecule has 0 fully saturated rings. The van der Waals surface area contributed by atoms with E-state index in [9.17, 15) is 4.79 Å². The predicted molar refractivity (Wildman–Crippen MR) is 93.5 cm³/mol. The monoisotopic (exact) mass is 322 g/mol. The Morgan fingerprint density at radius 1 is 1.08 bits per heavy atom. The SMILES string of the molecule is COCCOc1cccc(C(=O)Nc2cnc3ccccc3c2)c1. The molecule has 0 saturated heterocycles. The van der Waals surface area contributed by atoms with Crippen molar-refractivity contribution in [1.29, 1.82) is 0 Å². The van der Waals surface area contributed by atoms with E-state index in [1.165, 1.54) is 0 Å². The van der Waals surface area contributed by atoms with Gasteiger partial charge >= 0.3 is 0 Å². The maximum absolute atomic E-state index is 12.4. The third-order valence-electron chi connectivity index (χ3n) is 3.50. The largest absolute Gasteiger partial charge is 0.491 e. The molecule has 0 aliphatic rings. The highest BCUT2D eigenvalue weighted by molar-refractivity contribution is 6.05. The molecule has 1 N–H and O–H groups in total. The number of carbonyl (C=O) groups excluding carboxylic acids is 1. The van der Waals surface area contributed by atoms with Gasteiger partial charge in [0.05, 0.1) is 24.0 Å². The van der Waals surface area contributed by atoms with Crippen LogP contribution in [-0.2, 0) is 4.74 Å². The third-order valence-corrected chi connectivity index (χ3v) is 3.50. The quantitative estimate of drug-likeness (QED) is 0.706. The molecule has 0 unspecified atom stereocenters. The first kappa shape index (κ1) is 16.0. The second-order valence-electron chi connectivity index (χ2n) is 5.24. The average Bonchev–Trinajstić information content (AvgIpc) is 2.62. The van der Waals surface area contributed by atoms with Crippen LogP contribution in [0.2, 0.25) is 0 Å². The van der Waals surface area contributed by atoms with Crippen LogP contribution in [0.1, 0.15) is 10.4 Å². The number of nitrogens with one attached hydrogen (secondary N) is 1. The second-order valence-corrected chi connectivity index (χ2v) is 5.24. The minimum absolute atomic E-state index is 0.204. The molecule has 0 bridgehead atoms. The minimum Gasteiger partial charge on any atom is -0.491 e. The first-order chi connectivity index (χ1) is 11.8. The lowest BCUT2D eigenvalue weighted by atomic mass is 10.2. The molecule has 122 valence electrons. The van der Waals surface area contributed by atoms with Gasteiger partial charge in [-0.25, -0.2) is 0 Å². The second kappa shape index (κ2) is 7.57. The van der Waals surface area contributed by atoms with Gasteiger partial charge in [-0.1, -0.05) is 24.3 Å². The fourth-order valence-corrected chi connectivity index (χ4v) is 2.31. The molecule has 1 aromatic heterocycles. The first-order valence-electron chi connectivity index (χ1n) is 7.64. The summed E-state index contributed by atoms with van der Waals surface area (Å²) < 4.78 is 10.5. The number of ether oxygens (including phenoxy) is 2. The summed E-state index contributed by atoms with van der Waals surface area (Å²) in [5, 5.41) is 3.84. The lowest BCUT2D eigenvalue weighted by Crippen LogP contribution is -2.12. The summed E-state index contributed by atoms with van der Waals surface area (Å²) in [5.74, 6) is 0.431.